The molecule has 2 aromatic rings. The number of amides is 2. The third-order valence-electron chi connectivity index (χ3n) is 4.93. The molecule has 152 valence electrons. The van der Waals surface area contributed by atoms with Gasteiger partial charge in [-0.05, 0) is 29.8 Å². The second-order valence-corrected chi connectivity index (χ2v) is 6.83. The second kappa shape index (κ2) is 9.73. The van der Waals surface area contributed by atoms with Crippen molar-refractivity contribution in [2.75, 3.05) is 44.7 Å². The summed E-state index contributed by atoms with van der Waals surface area (Å²) >= 11 is 0. The Labute approximate surface area is 170 Å². The molecule has 3 rings (SSSR count). The lowest BCUT2D eigenvalue weighted by molar-refractivity contribution is -0.139. The molecule has 1 heterocycles. The maximum atomic E-state index is 12.4. The van der Waals surface area contributed by atoms with Gasteiger partial charge >= 0.3 is 0 Å². The highest BCUT2D eigenvalue weighted by Crippen LogP contribution is 2.20. The summed E-state index contributed by atoms with van der Waals surface area (Å²) in [6, 6.07) is 16.9. The van der Waals surface area contributed by atoms with Gasteiger partial charge in [-0.2, -0.15) is 0 Å². The van der Waals surface area contributed by atoms with Crippen LogP contribution in [0.1, 0.15) is 5.56 Å². The van der Waals surface area contributed by atoms with E-state index in [1.807, 2.05) is 42.5 Å². The van der Waals surface area contributed by atoms with Crippen LogP contribution in [0.25, 0.3) is 0 Å². The lowest BCUT2D eigenvalue weighted by Crippen LogP contribution is -2.51. The minimum absolute atomic E-state index is 0.0292. The van der Waals surface area contributed by atoms with Crippen LogP contribution in [-0.2, 0) is 20.8 Å². The molecule has 2 amide bonds. The fraction of sp³-hybridized carbons (Fsp3) is 0.318. The van der Waals surface area contributed by atoms with Crippen molar-refractivity contribution in [3.63, 3.8) is 0 Å². The molecule has 1 saturated heterocycles. The highest BCUT2D eigenvalue weighted by Gasteiger charge is 2.22. The zero-order chi connectivity index (χ0) is 20.6. The van der Waals surface area contributed by atoms with Gasteiger partial charge in [-0.25, -0.2) is 0 Å². The number of carbonyl (C=O) groups excluding carboxylic acids is 3. The molecule has 0 saturated carbocycles. The van der Waals surface area contributed by atoms with Crippen molar-refractivity contribution in [2.24, 2.45) is 0 Å². The first kappa shape index (κ1) is 20.4. The number of ketones is 1. The Balaban J connectivity index is 1.42. The molecule has 1 aliphatic heterocycles. The molecule has 29 heavy (non-hydrogen) atoms. The summed E-state index contributed by atoms with van der Waals surface area (Å²) in [5, 5.41) is 2.45. The lowest BCUT2D eigenvalue weighted by Gasteiger charge is -2.36. The molecule has 0 bridgehead atoms. The van der Waals surface area contributed by atoms with Gasteiger partial charge in [0.25, 0.3) is 5.91 Å². The van der Waals surface area contributed by atoms with E-state index in [-0.39, 0.29) is 18.9 Å². The van der Waals surface area contributed by atoms with Gasteiger partial charge in [0, 0.05) is 38.3 Å². The van der Waals surface area contributed by atoms with E-state index in [0.717, 1.165) is 17.0 Å². The zero-order valence-corrected chi connectivity index (χ0v) is 16.5. The van der Waals surface area contributed by atoms with Crippen LogP contribution in [0, 0.1) is 0 Å². The van der Waals surface area contributed by atoms with Crippen LogP contribution >= 0.6 is 0 Å². The Kier molecular flexibility index (Phi) is 6.84. The van der Waals surface area contributed by atoms with E-state index in [1.54, 1.807) is 24.1 Å². The number of nitrogens with zero attached hydrogens (tertiary/aromatic N) is 2. The Hall–Kier alpha value is -3.35. The summed E-state index contributed by atoms with van der Waals surface area (Å²) < 4.78 is 5.17. The third kappa shape index (κ3) is 5.57. The topological polar surface area (TPSA) is 79.0 Å². The standard InChI is InChI=1S/C22H25N3O4/c1-29-19-9-7-18(8-10-19)24-11-13-25(14-12-24)21(27)16-23-22(28)20(26)15-17-5-3-2-4-6-17/h2-10H,11-16H2,1H3,(H,23,28). The average Bonchev–Trinajstić information content (AvgIpc) is 2.78. The number of Topliss-reactive ketones (excluding diaryl/α,β-unsaturated/α-hetero) is 1. The maximum Gasteiger partial charge on any atom is 0.288 e. The summed E-state index contributed by atoms with van der Waals surface area (Å²) in [5.41, 5.74) is 1.85. The number of methoxy groups -OCH3 is 1. The van der Waals surface area contributed by atoms with Gasteiger partial charge in [-0.3, -0.25) is 14.4 Å². The number of nitrogens with one attached hydrogen (secondary N) is 1. The van der Waals surface area contributed by atoms with Gasteiger partial charge in [0.05, 0.1) is 13.7 Å². The van der Waals surface area contributed by atoms with Crippen LogP contribution in [0.15, 0.2) is 54.6 Å². The Morgan fingerprint density at radius 2 is 1.59 bits per heavy atom. The fourth-order valence-electron chi connectivity index (χ4n) is 3.23. The van der Waals surface area contributed by atoms with E-state index in [9.17, 15) is 14.4 Å². The highest BCUT2D eigenvalue weighted by molar-refractivity contribution is 6.36. The van der Waals surface area contributed by atoms with Crippen LogP contribution in [0.2, 0.25) is 0 Å². The van der Waals surface area contributed by atoms with E-state index in [2.05, 4.69) is 10.2 Å². The molecule has 0 aromatic heterocycles. The van der Waals surface area contributed by atoms with Crippen molar-refractivity contribution in [2.45, 2.75) is 6.42 Å². The monoisotopic (exact) mass is 395 g/mol. The van der Waals surface area contributed by atoms with Gasteiger partial charge in [0.1, 0.15) is 5.75 Å². The highest BCUT2D eigenvalue weighted by atomic mass is 16.5. The van der Waals surface area contributed by atoms with Gasteiger partial charge < -0.3 is 19.9 Å². The number of ether oxygens (including phenoxy) is 1. The van der Waals surface area contributed by atoms with Crippen molar-refractivity contribution >= 4 is 23.3 Å². The smallest absolute Gasteiger partial charge is 0.288 e. The van der Waals surface area contributed by atoms with Crippen molar-refractivity contribution in [1.82, 2.24) is 10.2 Å². The normalized spacial score (nSPS) is 13.7. The molecule has 0 aliphatic carbocycles. The number of hydrogen-bond acceptors (Lipinski definition) is 5. The Morgan fingerprint density at radius 3 is 2.21 bits per heavy atom. The number of carbonyl (C=O) groups is 3. The van der Waals surface area contributed by atoms with Crippen molar-refractivity contribution in [3.05, 3.63) is 60.2 Å². The minimum Gasteiger partial charge on any atom is -0.497 e. The van der Waals surface area contributed by atoms with Crippen molar-refractivity contribution in [3.8, 4) is 5.75 Å². The van der Waals surface area contributed by atoms with E-state index < -0.39 is 11.7 Å². The number of benzene rings is 2. The molecule has 0 atom stereocenters. The number of hydrogen-bond donors (Lipinski definition) is 1. The summed E-state index contributed by atoms with van der Waals surface area (Å²) in [6.07, 6.45) is 0.0292. The molecule has 1 fully saturated rings. The summed E-state index contributed by atoms with van der Waals surface area (Å²) in [7, 11) is 1.63. The molecule has 7 heteroatoms. The average molecular weight is 395 g/mol. The Morgan fingerprint density at radius 1 is 0.931 bits per heavy atom. The number of rotatable bonds is 7. The first-order valence-electron chi connectivity index (χ1n) is 9.58. The fourth-order valence-corrected chi connectivity index (χ4v) is 3.23. The van der Waals surface area contributed by atoms with Gasteiger partial charge in [-0.1, -0.05) is 30.3 Å². The molecule has 1 aliphatic rings. The van der Waals surface area contributed by atoms with Crippen LogP contribution in [0.4, 0.5) is 5.69 Å². The summed E-state index contributed by atoms with van der Waals surface area (Å²) in [6.45, 7) is 2.39. The predicted molar refractivity (Wildman–Crippen MR) is 110 cm³/mol. The number of piperazine rings is 1. The lowest BCUT2D eigenvalue weighted by atomic mass is 10.1. The number of anilines is 1. The zero-order valence-electron chi connectivity index (χ0n) is 16.5. The summed E-state index contributed by atoms with van der Waals surface area (Å²) in [4.78, 5) is 40.3. The third-order valence-corrected chi connectivity index (χ3v) is 4.93. The molecule has 1 N–H and O–H groups in total. The maximum absolute atomic E-state index is 12.4. The first-order chi connectivity index (χ1) is 14.1. The van der Waals surface area contributed by atoms with Gasteiger partial charge in [0.15, 0.2) is 0 Å². The van der Waals surface area contributed by atoms with E-state index in [4.69, 9.17) is 4.74 Å². The van der Waals surface area contributed by atoms with Crippen molar-refractivity contribution < 1.29 is 19.1 Å². The largest absolute Gasteiger partial charge is 0.497 e. The van der Waals surface area contributed by atoms with Crippen LogP contribution in [0.3, 0.4) is 0 Å². The molecule has 0 unspecified atom stereocenters. The quantitative estimate of drug-likeness (QED) is 0.715. The minimum atomic E-state index is -0.723. The molecule has 0 radical (unpaired) electrons. The molecular weight excluding hydrogens is 370 g/mol. The SMILES string of the molecule is COc1ccc(N2CCN(C(=O)CNC(=O)C(=O)Cc3ccccc3)CC2)cc1. The molecular formula is C22H25N3O4. The van der Waals surface area contributed by atoms with E-state index in [1.165, 1.54) is 0 Å². The van der Waals surface area contributed by atoms with Crippen LogP contribution in [0.5, 0.6) is 5.75 Å². The van der Waals surface area contributed by atoms with E-state index >= 15 is 0 Å². The Bertz CT molecular complexity index is 844. The van der Waals surface area contributed by atoms with Gasteiger partial charge in [-0.15, -0.1) is 0 Å². The van der Waals surface area contributed by atoms with Crippen LogP contribution in [-0.4, -0.2) is 62.3 Å². The predicted octanol–water partition coefficient (Wildman–Crippen LogP) is 1.27. The molecule has 0 spiro atoms. The second-order valence-electron chi connectivity index (χ2n) is 6.83. The summed E-state index contributed by atoms with van der Waals surface area (Å²) in [5.74, 6) is -0.646. The van der Waals surface area contributed by atoms with Crippen molar-refractivity contribution in [1.29, 1.82) is 0 Å². The first-order valence-corrected chi connectivity index (χ1v) is 9.58. The van der Waals surface area contributed by atoms with Crippen LogP contribution < -0.4 is 15.0 Å². The molecule has 7 nitrogen and oxygen atoms in total. The molecule has 2 aromatic carbocycles. The van der Waals surface area contributed by atoms with Gasteiger partial charge in [0.2, 0.25) is 11.7 Å². The van der Waals surface area contributed by atoms with E-state index in [0.29, 0.717) is 26.2 Å².